The van der Waals surface area contributed by atoms with Crippen molar-refractivity contribution in [3.8, 4) is 0 Å². The Morgan fingerprint density at radius 1 is 1.16 bits per heavy atom. The van der Waals surface area contributed by atoms with Crippen LogP contribution in [-0.2, 0) is 25.4 Å². The van der Waals surface area contributed by atoms with Crippen molar-refractivity contribution in [3.05, 3.63) is 61.6 Å². The maximum Gasteiger partial charge on any atom is 0.419 e. The number of carbonyl (C=O) groups excluding carboxylic acids is 1. The van der Waals surface area contributed by atoms with Gasteiger partial charge in [-0.1, -0.05) is 15.9 Å². The summed E-state index contributed by atoms with van der Waals surface area (Å²) in [5.41, 5.74) is 0.0109. The van der Waals surface area contributed by atoms with E-state index < -0.39 is 22.9 Å². The van der Waals surface area contributed by atoms with Crippen molar-refractivity contribution in [1.82, 2.24) is 23.3 Å². The molecular weight excluding hydrogens is 466 g/mol. The highest BCUT2D eigenvalue weighted by Crippen LogP contribution is 2.25. The van der Waals surface area contributed by atoms with Crippen LogP contribution >= 0.6 is 15.9 Å². The Bertz CT molecular complexity index is 1470. The van der Waals surface area contributed by atoms with Crippen molar-refractivity contribution in [3.63, 3.8) is 0 Å². The van der Waals surface area contributed by atoms with E-state index >= 15 is 0 Å². The molecule has 4 aromatic rings. The fraction of sp³-hybridized carbons (Fsp3) is 0.333. The molecule has 1 aromatic carbocycles. The summed E-state index contributed by atoms with van der Waals surface area (Å²) in [5, 5.41) is 0.779. The molecule has 0 aliphatic heterocycles. The molecule has 0 saturated heterocycles. The van der Waals surface area contributed by atoms with Gasteiger partial charge in [0.2, 0.25) is 0 Å². The second-order valence-electron chi connectivity index (χ2n) is 8.42. The van der Waals surface area contributed by atoms with Crippen molar-refractivity contribution >= 4 is 44.1 Å². The Balaban J connectivity index is 1.95. The monoisotopic (exact) mass is 487 g/mol. The number of hydrogen-bond donors (Lipinski definition) is 0. The molecule has 0 N–H and O–H groups in total. The average molecular weight is 488 g/mol. The lowest BCUT2D eigenvalue weighted by Crippen LogP contribution is -2.40. The number of carbonyl (C=O) groups is 1. The fourth-order valence-corrected chi connectivity index (χ4v) is 3.96. The molecule has 3 aromatic heterocycles. The molecule has 0 bridgehead atoms. The zero-order valence-electron chi connectivity index (χ0n) is 17.8. The smallest absolute Gasteiger partial charge is 0.419 e. The molecule has 0 spiro atoms. The van der Waals surface area contributed by atoms with Crippen LogP contribution in [0.3, 0.4) is 0 Å². The number of fused-ring (bicyclic) bond motifs is 2. The molecule has 0 atom stereocenters. The minimum atomic E-state index is -0.707. The van der Waals surface area contributed by atoms with Gasteiger partial charge in [-0.25, -0.2) is 19.1 Å². The molecule has 9 nitrogen and oxygen atoms in total. The summed E-state index contributed by atoms with van der Waals surface area (Å²) in [6, 6.07) is 7.26. The molecule has 0 fully saturated rings. The largest absolute Gasteiger partial charge is 0.443 e. The molecule has 0 unspecified atom stereocenters. The second-order valence-corrected chi connectivity index (χ2v) is 9.33. The number of aromatic nitrogens is 5. The van der Waals surface area contributed by atoms with Gasteiger partial charge < -0.3 is 9.30 Å². The van der Waals surface area contributed by atoms with E-state index in [2.05, 4.69) is 20.9 Å². The van der Waals surface area contributed by atoms with Gasteiger partial charge in [-0.05, 0) is 45.0 Å². The summed E-state index contributed by atoms with van der Waals surface area (Å²) < 4.78 is 11.9. The number of aryl methyl sites for hydroxylation is 2. The van der Waals surface area contributed by atoms with Crippen LogP contribution in [-0.4, -0.2) is 34.9 Å². The van der Waals surface area contributed by atoms with E-state index in [1.807, 2.05) is 12.1 Å². The molecule has 162 valence electrons. The highest BCUT2D eigenvalue weighted by molar-refractivity contribution is 9.10. The maximum atomic E-state index is 13.1. The molecule has 0 amide bonds. The Morgan fingerprint density at radius 3 is 2.55 bits per heavy atom. The third-order valence-electron chi connectivity index (χ3n) is 4.94. The van der Waals surface area contributed by atoms with Crippen LogP contribution in [0.1, 0.15) is 26.5 Å². The lowest BCUT2D eigenvalue weighted by atomic mass is 10.2. The third-order valence-corrected chi connectivity index (χ3v) is 5.43. The minimum Gasteiger partial charge on any atom is -0.443 e. The van der Waals surface area contributed by atoms with Gasteiger partial charge in [-0.15, -0.1) is 0 Å². The summed E-state index contributed by atoms with van der Waals surface area (Å²) in [6.45, 7) is 5.24. The maximum absolute atomic E-state index is 13.1. The second kappa shape index (κ2) is 7.23. The van der Waals surface area contributed by atoms with E-state index in [0.29, 0.717) is 22.4 Å². The first-order valence-corrected chi connectivity index (χ1v) is 10.4. The zero-order chi connectivity index (χ0) is 22.7. The first-order chi connectivity index (χ1) is 14.5. The Hall–Kier alpha value is -3.14. The molecule has 31 heavy (non-hydrogen) atoms. The number of imidazole rings is 1. The van der Waals surface area contributed by atoms with Crippen LogP contribution in [0.15, 0.2) is 44.7 Å². The summed E-state index contributed by atoms with van der Waals surface area (Å²) in [5.74, 6) is 0. The molecule has 0 aliphatic carbocycles. The van der Waals surface area contributed by atoms with Crippen LogP contribution in [0.5, 0.6) is 0 Å². The first-order valence-electron chi connectivity index (χ1n) is 9.62. The van der Waals surface area contributed by atoms with E-state index in [-0.39, 0.29) is 6.54 Å². The van der Waals surface area contributed by atoms with Gasteiger partial charge in [-0.3, -0.25) is 13.9 Å². The number of halogens is 1. The van der Waals surface area contributed by atoms with E-state index in [0.717, 1.165) is 14.4 Å². The number of ether oxygens (including phenoxy) is 1. The standard InChI is InChI=1S/C21H22BrN5O4/c1-21(2,3)31-20(30)27-14(9-12-8-13(22)6-7-15(12)27)10-26-18(28)16-17(23-11-24(16)4)25(5)19(26)29/h6-9,11H,10H2,1-5H3. The van der Waals surface area contributed by atoms with E-state index in [1.165, 1.54) is 15.5 Å². The SMILES string of the molecule is Cn1cnc2c1c(=O)n(Cc1cc3cc(Br)ccc3n1C(=O)OC(C)(C)C)c(=O)n2C. The molecule has 0 saturated carbocycles. The molecule has 3 heterocycles. The molecule has 10 heteroatoms. The number of nitrogens with zero attached hydrogens (tertiary/aromatic N) is 5. The van der Waals surface area contributed by atoms with Gasteiger partial charge in [0.15, 0.2) is 11.2 Å². The van der Waals surface area contributed by atoms with Crippen LogP contribution in [0.4, 0.5) is 4.79 Å². The molecule has 0 aliphatic rings. The van der Waals surface area contributed by atoms with Gasteiger partial charge >= 0.3 is 11.8 Å². The van der Waals surface area contributed by atoms with Gasteiger partial charge in [0, 0.05) is 24.0 Å². The van der Waals surface area contributed by atoms with Crippen molar-refractivity contribution in [2.45, 2.75) is 32.9 Å². The Morgan fingerprint density at radius 2 is 1.87 bits per heavy atom. The predicted molar refractivity (Wildman–Crippen MR) is 121 cm³/mol. The van der Waals surface area contributed by atoms with E-state index in [9.17, 15) is 14.4 Å². The van der Waals surface area contributed by atoms with E-state index in [4.69, 9.17) is 4.74 Å². The van der Waals surface area contributed by atoms with Crippen molar-refractivity contribution in [2.24, 2.45) is 14.1 Å². The molecule has 4 rings (SSSR count). The minimum absolute atomic E-state index is 0.0990. The van der Waals surface area contributed by atoms with Gasteiger partial charge in [0.25, 0.3) is 5.56 Å². The summed E-state index contributed by atoms with van der Waals surface area (Å²) in [4.78, 5) is 43.2. The van der Waals surface area contributed by atoms with Crippen molar-refractivity contribution in [1.29, 1.82) is 0 Å². The lowest BCUT2D eigenvalue weighted by molar-refractivity contribution is 0.0540. The average Bonchev–Trinajstić information content (AvgIpc) is 3.22. The van der Waals surface area contributed by atoms with E-state index in [1.54, 1.807) is 51.6 Å². The topological polar surface area (TPSA) is 93.1 Å². The highest BCUT2D eigenvalue weighted by Gasteiger charge is 2.24. The lowest BCUT2D eigenvalue weighted by Gasteiger charge is -2.21. The molecule has 0 radical (unpaired) electrons. The zero-order valence-corrected chi connectivity index (χ0v) is 19.4. The van der Waals surface area contributed by atoms with Gasteiger partial charge in [0.1, 0.15) is 5.60 Å². The number of hydrogen-bond acceptors (Lipinski definition) is 5. The summed E-state index contributed by atoms with van der Waals surface area (Å²) in [7, 11) is 3.26. The van der Waals surface area contributed by atoms with Gasteiger partial charge in [0.05, 0.1) is 24.1 Å². The van der Waals surface area contributed by atoms with Crippen molar-refractivity contribution in [2.75, 3.05) is 0 Å². The normalized spacial score (nSPS) is 12.1. The number of rotatable bonds is 2. The Kier molecular flexibility index (Phi) is 4.92. The van der Waals surface area contributed by atoms with Gasteiger partial charge in [-0.2, -0.15) is 0 Å². The quantitative estimate of drug-likeness (QED) is 0.433. The first kappa shape index (κ1) is 21.1. The predicted octanol–water partition coefficient (Wildman–Crippen LogP) is 2.98. The third kappa shape index (κ3) is 3.60. The van der Waals surface area contributed by atoms with Crippen LogP contribution in [0, 0.1) is 0 Å². The molecular formula is C21H22BrN5O4. The van der Waals surface area contributed by atoms with Crippen LogP contribution in [0.2, 0.25) is 0 Å². The summed E-state index contributed by atoms with van der Waals surface area (Å²) in [6.07, 6.45) is 0.914. The van der Waals surface area contributed by atoms with Crippen LogP contribution < -0.4 is 11.2 Å². The Labute approximate surface area is 185 Å². The summed E-state index contributed by atoms with van der Waals surface area (Å²) >= 11 is 3.44. The number of benzene rings is 1. The highest BCUT2D eigenvalue weighted by atomic mass is 79.9. The fourth-order valence-electron chi connectivity index (χ4n) is 3.58. The van der Waals surface area contributed by atoms with Crippen LogP contribution in [0.25, 0.3) is 22.1 Å². The van der Waals surface area contributed by atoms with Crippen molar-refractivity contribution < 1.29 is 9.53 Å².